The molecule has 4 heteroatoms. The minimum atomic E-state index is -0.0541. The molecule has 0 unspecified atom stereocenters. The molecule has 0 spiro atoms. The molecule has 2 rings (SSSR count). The number of fused-ring (bicyclic) bond motifs is 1. The highest BCUT2D eigenvalue weighted by Crippen LogP contribution is 2.38. The number of anilines is 1. The van der Waals surface area contributed by atoms with Crippen molar-refractivity contribution in [3.05, 3.63) is 30.4 Å². The zero-order chi connectivity index (χ0) is 11.5. The predicted molar refractivity (Wildman–Crippen MR) is 60.7 cm³/mol. The molecule has 0 saturated carbocycles. The number of carbonyl (C=O) groups is 1. The molecular weight excluding hydrogens is 206 g/mol. The van der Waals surface area contributed by atoms with Crippen LogP contribution in [0.15, 0.2) is 24.8 Å². The molecule has 1 amide bonds. The summed E-state index contributed by atoms with van der Waals surface area (Å²) in [4.78, 5) is 11.3. The summed E-state index contributed by atoms with van der Waals surface area (Å²) in [7, 11) is 0. The predicted octanol–water partition coefficient (Wildman–Crippen LogP) is 1.84. The minimum Gasteiger partial charge on any atom is -0.508 e. The number of hydrogen-bond acceptors (Lipinski definition) is 3. The van der Waals surface area contributed by atoms with Crippen molar-refractivity contribution < 1.29 is 14.6 Å². The third-order valence-corrected chi connectivity index (χ3v) is 2.47. The smallest absolute Gasteiger partial charge is 0.224 e. The van der Waals surface area contributed by atoms with Crippen LogP contribution in [0.1, 0.15) is 12.0 Å². The highest BCUT2D eigenvalue weighted by atomic mass is 16.5. The zero-order valence-corrected chi connectivity index (χ0v) is 8.82. The maximum absolute atomic E-state index is 11.3. The number of benzene rings is 1. The Balaban J connectivity index is 2.39. The van der Waals surface area contributed by atoms with Gasteiger partial charge in [0.25, 0.3) is 0 Å². The Bertz CT molecular complexity index is 440. The summed E-state index contributed by atoms with van der Waals surface area (Å²) in [5, 5.41) is 12.4. The van der Waals surface area contributed by atoms with E-state index in [0.29, 0.717) is 30.9 Å². The standard InChI is InChI=1S/C12H13NO3/c1-2-7-16-10-5-4-9(14)8-3-6-11(15)13-12(8)10/h2,4-5,14H,1,3,6-7H2,(H,13,15). The van der Waals surface area contributed by atoms with Crippen molar-refractivity contribution in [1.82, 2.24) is 0 Å². The lowest BCUT2D eigenvalue weighted by molar-refractivity contribution is -0.116. The van der Waals surface area contributed by atoms with Gasteiger partial charge < -0.3 is 15.2 Å². The van der Waals surface area contributed by atoms with Crippen LogP contribution in [0.25, 0.3) is 0 Å². The third kappa shape index (κ3) is 1.86. The Hall–Kier alpha value is -1.97. The first-order valence-corrected chi connectivity index (χ1v) is 5.10. The van der Waals surface area contributed by atoms with E-state index in [1.54, 1.807) is 18.2 Å². The van der Waals surface area contributed by atoms with E-state index in [9.17, 15) is 9.90 Å². The van der Waals surface area contributed by atoms with Gasteiger partial charge in [-0.2, -0.15) is 0 Å². The van der Waals surface area contributed by atoms with Crippen LogP contribution in [-0.4, -0.2) is 17.6 Å². The summed E-state index contributed by atoms with van der Waals surface area (Å²) < 4.78 is 5.41. The van der Waals surface area contributed by atoms with Gasteiger partial charge in [-0.15, -0.1) is 0 Å². The molecule has 0 aliphatic carbocycles. The van der Waals surface area contributed by atoms with E-state index < -0.39 is 0 Å². The minimum absolute atomic E-state index is 0.0541. The van der Waals surface area contributed by atoms with Crippen LogP contribution >= 0.6 is 0 Å². The van der Waals surface area contributed by atoms with Gasteiger partial charge in [0.15, 0.2) is 0 Å². The number of phenols is 1. The molecule has 0 radical (unpaired) electrons. The van der Waals surface area contributed by atoms with E-state index in [-0.39, 0.29) is 11.7 Å². The van der Waals surface area contributed by atoms with Gasteiger partial charge in [0.05, 0.1) is 5.69 Å². The molecule has 16 heavy (non-hydrogen) atoms. The molecule has 1 aromatic rings. The Labute approximate surface area is 93.5 Å². The van der Waals surface area contributed by atoms with E-state index in [1.807, 2.05) is 0 Å². The molecule has 2 N–H and O–H groups in total. The average Bonchev–Trinajstić information content (AvgIpc) is 2.28. The maximum Gasteiger partial charge on any atom is 0.224 e. The van der Waals surface area contributed by atoms with Crippen LogP contribution < -0.4 is 10.1 Å². The summed E-state index contributed by atoms with van der Waals surface area (Å²) in [5.41, 5.74) is 1.32. The molecule has 0 atom stereocenters. The van der Waals surface area contributed by atoms with Crippen LogP contribution in [0.4, 0.5) is 5.69 Å². The topological polar surface area (TPSA) is 58.6 Å². The largest absolute Gasteiger partial charge is 0.508 e. The van der Waals surface area contributed by atoms with E-state index >= 15 is 0 Å². The van der Waals surface area contributed by atoms with Crippen molar-refractivity contribution in [2.45, 2.75) is 12.8 Å². The average molecular weight is 219 g/mol. The molecule has 4 nitrogen and oxygen atoms in total. The van der Waals surface area contributed by atoms with Crippen LogP contribution in [0.2, 0.25) is 0 Å². The molecule has 84 valence electrons. The second-order valence-corrected chi connectivity index (χ2v) is 3.58. The van der Waals surface area contributed by atoms with Crippen LogP contribution in [0.5, 0.6) is 11.5 Å². The second-order valence-electron chi connectivity index (χ2n) is 3.58. The molecule has 0 saturated heterocycles. The van der Waals surface area contributed by atoms with Gasteiger partial charge >= 0.3 is 0 Å². The van der Waals surface area contributed by atoms with Gasteiger partial charge in [-0.1, -0.05) is 12.7 Å². The highest BCUT2D eigenvalue weighted by Gasteiger charge is 2.21. The van der Waals surface area contributed by atoms with Crippen molar-refractivity contribution >= 4 is 11.6 Å². The molecule has 1 aromatic carbocycles. The van der Waals surface area contributed by atoms with E-state index in [0.717, 1.165) is 5.56 Å². The van der Waals surface area contributed by atoms with Crippen LogP contribution in [0.3, 0.4) is 0 Å². The number of amides is 1. The lowest BCUT2D eigenvalue weighted by Crippen LogP contribution is -2.20. The van der Waals surface area contributed by atoms with Crippen molar-refractivity contribution in [1.29, 1.82) is 0 Å². The normalized spacial score (nSPS) is 13.9. The number of nitrogens with one attached hydrogen (secondary N) is 1. The summed E-state index contributed by atoms with van der Waals surface area (Å²) in [6.07, 6.45) is 2.56. The summed E-state index contributed by atoms with van der Waals surface area (Å²) >= 11 is 0. The lowest BCUT2D eigenvalue weighted by atomic mass is 10.0. The molecule has 1 heterocycles. The van der Waals surface area contributed by atoms with Crippen molar-refractivity contribution in [2.75, 3.05) is 11.9 Å². The first kappa shape index (κ1) is 10.5. The van der Waals surface area contributed by atoms with E-state index in [2.05, 4.69) is 11.9 Å². The third-order valence-electron chi connectivity index (χ3n) is 2.47. The Morgan fingerprint density at radius 3 is 3.06 bits per heavy atom. The van der Waals surface area contributed by atoms with E-state index in [4.69, 9.17) is 4.74 Å². The van der Waals surface area contributed by atoms with Crippen molar-refractivity contribution in [3.63, 3.8) is 0 Å². The first-order chi connectivity index (χ1) is 7.72. The summed E-state index contributed by atoms with van der Waals surface area (Å²) in [6.45, 7) is 3.93. The van der Waals surface area contributed by atoms with Gasteiger partial charge in [-0.3, -0.25) is 4.79 Å². The monoisotopic (exact) mass is 219 g/mol. The SMILES string of the molecule is C=CCOc1ccc(O)c2c1NC(=O)CC2. The van der Waals surface area contributed by atoms with Gasteiger partial charge in [0.1, 0.15) is 18.1 Å². The zero-order valence-electron chi connectivity index (χ0n) is 8.82. The number of aromatic hydroxyl groups is 1. The number of carbonyl (C=O) groups excluding carboxylic acids is 1. The number of rotatable bonds is 3. The van der Waals surface area contributed by atoms with Crippen LogP contribution in [-0.2, 0) is 11.2 Å². The first-order valence-electron chi connectivity index (χ1n) is 5.10. The number of phenolic OH excluding ortho intramolecular Hbond substituents is 1. The fourth-order valence-electron chi connectivity index (χ4n) is 1.71. The lowest BCUT2D eigenvalue weighted by Gasteiger charge is -2.20. The Morgan fingerprint density at radius 2 is 2.31 bits per heavy atom. The quantitative estimate of drug-likeness (QED) is 0.762. The number of hydrogen-bond donors (Lipinski definition) is 2. The van der Waals surface area contributed by atoms with Crippen molar-refractivity contribution in [2.24, 2.45) is 0 Å². The van der Waals surface area contributed by atoms with Gasteiger partial charge in [-0.05, 0) is 18.6 Å². The van der Waals surface area contributed by atoms with Gasteiger partial charge in [0, 0.05) is 12.0 Å². The molecule has 0 aromatic heterocycles. The maximum atomic E-state index is 11.3. The fourth-order valence-corrected chi connectivity index (χ4v) is 1.71. The number of ether oxygens (including phenoxy) is 1. The second kappa shape index (κ2) is 4.26. The Morgan fingerprint density at radius 1 is 1.50 bits per heavy atom. The summed E-state index contributed by atoms with van der Waals surface area (Å²) in [6, 6.07) is 3.22. The molecule has 0 bridgehead atoms. The molecule has 1 aliphatic heterocycles. The molecule has 0 fully saturated rings. The Kier molecular flexibility index (Phi) is 2.81. The van der Waals surface area contributed by atoms with Gasteiger partial charge in [-0.25, -0.2) is 0 Å². The summed E-state index contributed by atoms with van der Waals surface area (Å²) in [5.74, 6) is 0.711. The van der Waals surface area contributed by atoms with Crippen molar-refractivity contribution in [3.8, 4) is 11.5 Å². The van der Waals surface area contributed by atoms with E-state index in [1.165, 1.54) is 0 Å². The molecular formula is C12H13NO3. The fraction of sp³-hybridized carbons (Fsp3) is 0.250. The van der Waals surface area contributed by atoms with Gasteiger partial charge in [0.2, 0.25) is 5.91 Å². The highest BCUT2D eigenvalue weighted by molar-refractivity contribution is 5.96. The van der Waals surface area contributed by atoms with Crippen LogP contribution in [0, 0.1) is 0 Å². The molecule has 1 aliphatic rings.